The van der Waals surface area contributed by atoms with E-state index in [1.165, 1.54) is 0 Å². The lowest BCUT2D eigenvalue weighted by Crippen LogP contribution is -2.16. The molecule has 1 atom stereocenters. The van der Waals surface area contributed by atoms with Crippen LogP contribution < -0.4 is 5.32 Å². The van der Waals surface area contributed by atoms with Crippen LogP contribution in [0.5, 0.6) is 0 Å². The van der Waals surface area contributed by atoms with Gasteiger partial charge in [-0.05, 0) is 54.3 Å². The van der Waals surface area contributed by atoms with Crippen LogP contribution in [-0.2, 0) is 4.79 Å². The monoisotopic (exact) mass is 331 g/mol. The number of nitrogens with one attached hydrogen (secondary N) is 1. The molecule has 0 aliphatic heterocycles. The number of hydrogen-bond donors (Lipinski definition) is 1. The molecule has 2 aromatic rings. The first-order valence-electron chi connectivity index (χ1n) is 7.11. The maximum atomic E-state index is 12.0. The minimum absolute atomic E-state index is 0.141. The molecule has 0 amide bonds. The molecule has 0 heterocycles. The van der Waals surface area contributed by atoms with Crippen molar-refractivity contribution in [2.75, 3.05) is 5.32 Å². The largest absolute Gasteiger partial charge is 0.359 e. The number of carbonyl (C=O) groups is 1. The fourth-order valence-corrected chi connectivity index (χ4v) is 2.92. The number of halogens is 2. The summed E-state index contributed by atoms with van der Waals surface area (Å²) >= 11 is 11.8. The first kappa shape index (κ1) is 15.1. The summed E-state index contributed by atoms with van der Waals surface area (Å²) in [5.41, 5.74) is 3.00. The highest BCUT2D eigenvalue weighted by Crippen LogP contribution is 2.32. The fraction of sp³-hybridized carbons (Fsp3) is 0.167. The summed E-state index contributed by atoms with van der Waals surface area (Å²) < 4.78 is 0. The summed E-state index contributed by atoms with van der Waals surface area (Å²) in [5.74, 6) is 0.326. The van der Waals surface area contributed by atoms with E-state index in [2.05, 4.69) is 5.32 Å². The van der Waals surface area contributed by atoms with Crippen molar-refractivity contribution in [2.45, 2.75) is 18.8 Å². The highest BCUT2D eigenvalue weighted by molar-refractivity contribution is 6.30. The first-order chi connectivity index (χ1) is 10.6. The van der Waals surface area contributed by atoms with Gasteiger partial charge in [0, 0.05) is 33.9 Å². The van der Waals surface area contributed by atoms with E-state index < -0.39 is 0 Å². The van der Waals surface area contributed by atoms with Gasteiger partial charge in [0.2, 0.25) is 0 Å². The zero-order valence-corrected chi connectivity index (χ0v) is 13.4. The van der Waals surface area contributed by atoms with Crippen molar-refractivity contribution >= 4 is 34.7 Å². The molecule has 0 saturated carbocycles. The molecule has 1 aliphatic carbocycles. The number of benzene rings is 2. The molecule has 22 heavy (non-hydrogen) atoms. The number of carbonyl (C=O) groups excluding carboxylic acids is 1. The number of ketones is 1. The highest BCUT2D eigenvalue weighted by atomic mass is 35.5. The van der Waals surface area contributed by atoms with Gasteiger partial charge < -0.3 is 5.32 Å². The molecule has 0 aromatic heterocycles. The van der Waals surface area contributed by atoms with E-state index in [1.54, 1.807) is 6.08 Å². The number of hydrogen-bond acceptors (Lipinski definition) is 2. The smallest absolute Gasteiger partial charge is 0.158 e. The topological polar surface area (TPSA) is 29.1 Å². The van der Waals surface area contributed by atoms with Gasteiger partial charge in [-0.25, -0.2) is 0 Å². The standard InChI is InChI=1S/C18H15Cl2NO/c19-14-3-1-12(2-4-14)13-9-17(11-18(22)10-13)21-16-7-5-15(20)6-8-16/h1-8,11,13,21H,9-10H2/t13-/m0/s1. The van der Waals surface area contributed by atoms with Crippen molar-refractivity contribution in [3.8, 4) is 0 Å². The van der Waals surface area contributed by atoms with Gasteiger partial charge in [-0.1, -0.05) is 35.3 Å². The van der Waals surface area contributed by atoms with Gasteiger partial charge in [0.15, 0.2) is 5.78 Å². The summed E-state index contributed by atoms with van der Waals surface area (Å²) in [4.78, 5) is 12.0. The van der Waals surface area contributed by atoms with Crippen molar-refractivity contribution in [2.24, 2.45) is 0 Å². The Balaban J connectivity index is 1.76. The van der Waals surface area contributed by atoms with Crippen LogP contribution in [0.3, 0.4) is 0 Å². The Bertz CT molecular complexity index is 705. The molecule has 0 radical (unpaired) electrons. The normalized spacial score (nSPS) is 18.0. The van der Waals surface area contributed by atoms with Crippen molar-refractivity contribution in [3.05, 3.63) is 75.9 Å². The molecule has 2 nitrogen and oxygen atoms in total. The van der Waals surface area contributed by atoms with Crippen LogP contribution in [0.2, 0.25) is 10.0 Å². The van der Waals surface area contributed by atoms with Crippen molar-refractivity contribution in [1.29, 1.82) is 0 Å². The lowest BCUT2D eigenvalue weighted by Gasteiger charge is -2.23. The Morgan fingerprint density at radius 2 is 1.45 bits per heavy atom. The second-order valence-electron chi connectivity index (χ2n) is 5.42. The van der Waals surface area contributed by atoms with Crippen LogP contribution >= 0.6 is 23.2 Å². The average molecular weight is 332 g/mol. The maximum absolute atomic E-state index is 12.0. The minimum atomic E-state index is 0.141. The molecule has 0 unspecified atom stereocenters. The quantitative estimate of drug-likeness (QED) is 0.811. The Labute approximate surface area is 139 Å². The van der Waals surface area contributed by atoms with Crippen molar-refractivity contribution in [1.82, 2.24) is 0 Å². The number of rotatable bonds is 3. The van der Waals surface area contributed by atoms with Crippen LogP contribution in [-0.4, -0.2) is 5.78 Å². The minimum Gasteiger partial charge on any atom is -0.359 e. The predicted octanol–water partition coefficient (Wildman–Crippen LogP) is 5.44. The molecular formula is C18H15Cl2NO. The van der Waals surface area contributed by atoms with E-state index in [-0.39, 0.29) is 11.7 Å². The van der Waals surface area contributed by atoms with Crippen LogP contribution in [0.25, 0.3) is 0 Å². The van der Waals surface area contributed by atoms with Gasteiger partial charge in [-0.2, -0.15) is 0 Å². The molecule has 3 rings (SSSR count). The molecule has 0 saturated heterocycles. The lowest BCUT2D eigenvalue weighted by atomic mass is 9.85. The molecule has 0 fully saturated rings. The highest BCUT2D eigenvalue weighted by Gasteiger charge is 2.22. The van der Waals surface area contributed by atoms with Gasteiger partial charge in [-0.15, -0.1) is 0 Å². The van der Waals surface area contributed by atoms with Crippen molar-refractivity contribution in [3.63, 3.8) is 0 Å². The maximum Gasteiger partial charge on any atom is 0.158 e. The van der Waals surface area contributed by atoms with Gasteiger partial charge >= 0.3 is 0 Å². The first-order valence-corrected chi connectivity index (χ1v) is 7.87. The third-order valence-electron chi connectivity index (χ3n) is 3.74. The Kier molecular flexibility index (Phi) is 4.51. The van der Waals surface area contributed by atoms with Crippen LogP contribution in [0.1, 0.15) is 24.3 Å². The zero-order valence-electron chi connectivity index (χ0n) is 11.9. The summed E-state index contributed by atoms with van der Waals surface area (Å²) in [6.07, 6.45) is 3.03. The van der Waals surface area contributed by atoms with E-state index >= 15 is 0 Å². The molecule has 112 valence electrons. The van der Waals surface area contributed by atoms with Crippen LogP contribution in [0.4, 0.5) is 5.69 Å². The van der Waals surface area contributed by atoms with E-state index in [9.17, 15) is 4.79 Å². The van der Waals surface area contributed by atoms with Gasteiger partial charge in [-0.3, -0.25) is 4.79 Å². The second kappa shape index (κ2) is 6.55. The average Bonchev–Trinajstić information content (AvgIpc) is 2.50. The van der Waals surface area contributed by atoms with Gasteiger partial charge in [0.1, 0.15) is 0 Å². The molecule has 1 aliphatic rings. The molecule has 0 spiro atoms. The van der Waals surface area contributed by atoms with Gasteiger partial charge in [0.05, 0.1) is 0 Å². The summed E-state index contributed by atoms with van der Waals surface area (Å²) in [6.45, 7) is 0. The molecular weight excluding hydrogens is 317 g/mol. The molecule has 0 bridgehead atoms. The van der Waals surface area contributed by atoms with Gasteiger partial charge in [0.25, 0.3) is 0 Å². The van der Waals surface area contributed by atoms with Crippen molar-refractivity contribution < 1.29 is 4.79 Å². The summed E-state index contributed by atoms with van der Waals surface area (Å²) in [5, 5.41) is 4.71. The second-order valence-corrected chi connectivity index (χ2v) is 6.30. The Hall–Kier alpha value is -1.77. The third kappa shape index (κ3) is 3.70. The predicted molar refractivity (Wildman–Crippen MR) is 91.6 cm³/mol. The lowest BCUT2D eigenvalue weighted by molar-refractivity contribution is -0.115. The van der Waals surface area contributed by atoms with E-state index in [4.69, 9.17) is 23.2 Å². The Morgan fingerprint density at radius 3 is 2.09 bits per heavy atom. The third-order valence-corrected chi connectivity index (χ3v) is 4.24. The van der Waals surface area contributed by atoms with E-state index in [1.807, 2.05) is 48.5 Å². The van der Waals surface area contributed by atoms with E-state index in [0.29, 0.717) is 16.5 Å². The Morgan fingerprint density at radius 1 is 0.864 bits per heavy atom. The summed E-state index contributed by atoms with van der Waals surface area (Å²) in [6, 6.07) is 15.2. The SMILES string of the molecule is O=C1C=C(Nc2ccc(Cl)cc2)C[C@H](c2ccc(Cl)cc2)C1. The van der Waals surface area contributed by atoms with Crippen LogP contribution in [0.15, 0.2) is 60.3 Å². The zero-order chi connectivity index (χ0) is 15.5. The summed E-state index contributed by atoms with van der Waals surface area (Å²) in [7, 11) is 0. The number of allylic oxidation sites excluding steroid dienone is 2. The van der Waals surface area contributed by atoms with E-state index in [0.717, 1.165) is 23.4 Å². The fourth-order valence-electron chi connectivity index (χ4n) is 2.67. The van der Waals surface area contributed by atoms with Crippen LogP contribution in [0, 0.1) is 0 Å². The molecule has 2 aromatic carbocycles. The molecule has 4 heteroatoms. The number of anilines is 1. The molecule has 1 N–H and O–H groups in total.